The second-order valence-corrected chi connectivity index (χ2v) is 10.6. The van der Waals surface area contributed by atoms with Gasteiger partial charge in [0.2, 0.25) is 17.2 Å². The molecule has 0 aliphatic carbocycles. The summed E-state index contributed by atoms with van der Waals surface area (Å²) < 4.78 is 0. The van der Waals surface area contributed by atoms with E-state index in [4.69, 9.17) is 15.3 Å². The highest BCUT2D eigenvalue weighted by molar-refractivity contribution is 6.18. The molecule has 0 saturated heterocycles. The highest BCUT2D eigenvalue weighted by Crippen LogP contribution is 2.45. The second-order valence-electron chi connectivity index (χ2n) is 10.6. The lowest BCUT2D eigenvalue weighted by molar-refractivity contribution is -0.220. The molecule has 0 heterocycles. The molecule has 0 aliphatic heterocycles. The molecular formula is C24H44O21. The molecule has 21 heteroatoms. The van der Waals surface area contributed by atoms with E-state index in [1.807, 2.05) is 0 Å². The van der Waals surface area contributed by atoms with Crippen LogP contribution in [0.15, 0.2) is 0 Å². The van der Waals surface area contributed by atoms with Crippen molar-refractivity contribution in [3.05, 3.63) is 0 Å². The van der Waals surface area contributed by atoms with Gasteiger partial charge in [-0.1, -0.05) is 0 Å². The number of carbonyl (C=O) groups excluding carboxylic acids is 3. The van der Waals surface area contributed by atoms with Crippen LogP contribution >= 0.6 is 0 Å². The number of Topliss-reactive ketones (excluding diaryl/α,β-unsaturated/α-hetero) is 3. The van der Waals surface area contributed by atoms with Gasteiger partial charge >= 0.3 is 0 Å². The van der Waals surface area contributed by atoms with Gasteiger partial charge < -0.3 is 91.9 Å². The first-order valence-electron chi connectivity index (χ1n) is 13.2. The van der Waals surface area contributed by atoms with Crippen molar-refractivity contribution in [3.63, 3.8) is 0 Å². The van der Waals surface area contributed by atoms with Crippen LogP contribution in [0.25, 0.3) is 0 Å². The zero-order chi connectivity index (χ0) is 35.9. The summed E-state index contributed by atoms with van der Waals surface area (Å²) in [6.45, 7) is -3.04. The van der Waals surface area contributed by atoms with Crippen molar-refractivity contribution in [3.8, 4) is 0 Å². The van der Waals surface area contributed by atoms with Crippen molar-refractivity contribution < 1.29 is 106 Å². The van der Waals surface area contributed by atoms with Gasteiger partial charge in [0.25, 0.3) is 0 Å². The molecule has 18 N–H and O–H groups in total. The van der Waals surface area contributed by atoms with Crippen molar-refractivity contribution in [2.75, 3.05) is 19.8 Å². The average Bonchev–Trinajstić information content (AvgIpc) is 3.02. The molecule has 0 aromatic carbocycles. The molecule has 0 spiro atoms. The molecular weight excluding hydrogens is 624 g/mol. The quantitative estimate of drug-likeness (QED) is 0.0504. The molecule has 0 amide bonds. The van der Waals surface area contributed by atoms with Gasteiger partial charge in [0.05, 0.1) is 32.0 Å². The van der Waals surface area contributed by atoms with Crippen molar-refractivity contribution >= 4 is 17.3 Å². The van der Waals surface area contributed by atoms with E-state index in [0.29, 0.717) is 13.8 Å². The molecule has 0 saturated carbocycles. The van der Waals surface area contributed by atoms with Crippen LogP contribution in [0.4, 0.5) is 0 Å². The minimum atomic E-state index is -4.73. The number of carbonyl (C=O) groups is 3. The Morgan fingerprint density at radius 1 is 0.444 bits per heavy atom. The van der Waals surface area contributed by atoms with E-state index < -0.39 is 134 Å². The molecule has 0 aromatic rings. The summed E-state index contributed by atoms with van der Waals surface area (Å²) in [6, 6.07) is 0. The minimum Gasteiger partial charge on any atom is -0.394 e. The van der Waals surface area contributed by atoms with E-state index in [0.717, 1.165) is 0 Å². The molecule has 0 bridgehead atoms. The van der Waals surface area contributed by atoms with Crippen molar-refractivity contribution in [2.45, 2.75) is 105 Å². The Hall–Kier alpha value is -1.71. The van der Waals surface area contributed by atoms with Gasteiger partial charge in [0.1, 0.15) is 78.7 Å². The van der Waals surface area contributed by atoms with Gasteiger partial charge in [0, 0.05) is 0 Å². The third-order valence-electron chi connectivity index (χ3n) is 7.61. The Bertz CT molecular complexity index is 911. The number of rotatable bonds is 21. The van der Waals surface area contributed by atoms with Crippen LogP contribution in [0.1, 0.15) is 13.8 Å². The van der Waals surface area contributed by atoms with E-state index in [2.05, 4.69) is 0 Å². The van der Waals surface area contributed by atoms with Gasteiger partial charge in [-0.25, -0.2) is 0 Å². The van der Waals surface area contributed by atoms with Gasteiger partial charge in [-0.3, -0.25) is 14.4 Å². The Labute approximate surface area is 254 Å². The monoisotopic (exact) mass is 668 g/mol. The SMILES string of the molecule is CC(O)C(C(=O)[C@H](O)[C@@H](O)[C@H](O)[C@H](O)CO)(C(C)O)C(O)(C(=O)[C@H](O)[C@@H](O)[C@H](O)[C@H](O)CO)C(=O)[C@H](O)[C@@H](O)[C@H](O)[C@H](O)CO. The second kappa shape index (κ2) is 17.4. The van der Waals surface area contributed by atoms with Crippen LogP contribution < -0.4 is 0 Å². The fourth-order valence-corrected chi connectivity index (χ4v) is 4.78. The average molecular weight is 669 g/mol. The molecule has 45 heavy (non-hydrogen) atoms. The molecule has 0 aliphatic rings. The lowest BCUT2D eigenvalue weighted by Crippen LogP contribution is -2.77. The van der Waals surface area contributed by atoms with Crippen LogP contribution in [0.3, 0.4) is 0 Å². The fourth-order valence-electron chi connectivity index (χ4n) is 4.78. The number of aliphatic hydroxyl groups is 18. The number of hydrogen-bond donors (Lipinski definition) is 18. The number of hydrogen-bond acceptors (Lipinski definition) is 21. The van der Waals surface area contributed by atoms with Gasteiger partial charge in [0.15, 0.2) is 5.78 Å². The first-order valence-corrected chi connectivity index (χ1v) is 13.2. The molecule has 21 nitrogen and oxygen atoms in total. The summed E-state index contributed by atoms with van der Waals surface area (Å²) in [7, 11) is 0. The first kappa shape index (κ1) is 43.3. The lowest BCUT2D eigenvalue weighted by atomic mass is 9.56. The summed E-state index contributed by atoms with van der Waals surface area (Å²) in [5.74, 6) is -7.65. The Balaban J connectivity index is 7.74. The summed E-state index contributed by atoms with van der Waals surface area (Å²) >= 11 is 0. The Kier molecular flexibility index (Phi) is 16.8. The molecule has 2 unspecified atom stereocenters. The molecule has 14 atom stereocenters. The van der Waals surface area contributed by atoms with Crippen molar-refractivity contribution in [2.24, 2.45) is 5.41 Å². The zero-order valence-corrected chi connectivity index (χ0v) is 24.0. The van der Waals surface area contributed by atoms with Crippen LogP contribution in [-0.4, -0.2) is 220 Å². The zero-order valence-electron chi connectivity index (χ0n) is 24.0. The van der Waals surface area contributed by atoms with Crippen LogP contribution in [0, 0.1) is 5.41 Å². The maximum Gasteiger partial charge on any atom is 0.204 e. The lowest BCUT2D eigenvalue weighted by Gasteiger charge is -2.50. The maximum absolute atomic E-state index is 13.7. The fraction of sp³-hybridized carbons (Fsp3) is 0.875. The van der Waals surface area contributed by atoms with Crippen LogP contribution in [-0.2, 0) is 14.4 Å². The minimum absolute atomic E-state index is 0.453. The standard InChI is InChI=1S/C24H44O21/c1-6(28)23(7(2)29,20(42)17(39)14(36)11(33)8(30)3-25)24(45,21(43)18(40)15(37)12(34)9(31)4-26)22(44)19(41)16(38)13(35)10(32)5-27/h6-19,25-41,45H,3-5H2,1-2H3/t6?,7?,8-,9-,10-,11-,12-,13-,14+,15+,16+,17-,18-,19-,23?/m1/s1. The van der Waals surface area contributed by atoms with Crippen LogP contribution in [0.2, 0.25) is 0 Å². The summed E-state index contributed by atoms with van der Waals surface area (Å²) in [6.07, 6.45) is -39.6. The highest BCUT2D eigenvalue weighted by atomic mass is 16.4. The van der Waals surface area contributed by atoms with E-state index in [9.17, 15) is 91.0 Å². The maximum atomic E-state index is 13.7. The molecule has 0 aromatic heterocycles. The molecule has 0 rings (SSSR count). The largest absolute Gasteiger partial charge is 0.394 e. The summed E-state index contributed by atoms with van der Waals surface area (Å²) in [5.41, 5.74) is -8.78. The third kappa shape index (κ3) is 8.24. The van der Waals surface area contributed by atoms with Crippen LogP contribution in [0.5, 0.6) is 0 Å². The Morgan fingerprint density at radius 2 is 0.667 bits per heavy atom. The first-order chi connectivity index (χ1) is 20.5. The number of aliphatic hydroxyl groups excluding tert-OH is 17. The van der Waals surface area contributed by atoms with E-state index in [1.165, 1.54) is 0 Å². The highest BCUT2D eigenvalue weighted by Gasteiger charge is 2.72. The van der Waals surface area contributed by atoms with Gasteiger partial charge in [-0.2, -0.15) is 0 Å². The predicted octanol–water partition coefficient (Wildman–Crippen LogP) is -11.5. The van der Waals surface area contributed by atoms with E-state index in [1.54, 1.807) is 0 Å². The smallest absolute Gasteiger partial charge is 0.204 e. The summed E-state index contributed by atoms with van der Waals surface area (Å²) in [5, 5.41) is 182. The topological polar surface area (TPSA) is 415 Å². The van der Waals surface area contributed by atoms with Crippen molar-refractivity contribution in [1.82, 2.24) is 0 Å². The molecule has 0 radical (unpaired) electrons. The normalized spacial score (nSPS) is 23.5. The van der Waals surface area contributed by atoms with Gasteiger partial charge in [-0.05, 0) is 13.8 Å². The predicted molar refractivity (Wildman–Crippen MR) is 139 cm³/mol. The van der Waals surface area contributed by atoms with E-state index in [-0.39, 0.29) is 0 Å². The third-order valence-corrected chi connectivity index (χ3v) is 7.61. The molecule has 266 valence electrons. The Morgan fingerprint density at radius 3 is 0.867 bits per heavy atom. The molecule has 0 fully saturated rings. The van der Waals surface area contributed by atoms with E-state index >= 15 is 0 Å². The van der Waals surface area contributed by atoms with Crippen molar-refractivity contribution in [1.29, 1.82) is 0 Å². The number of ketones is 3. The van der Waals surface area contributed by atoms with Gasteiger partial charge in [-0.15, -0.1) is 0 Å². The summed E-state index contributed by atoms with van der Waals surface area (Å²) in [4.78, 5) is 41.1.